The van der Waals surface area contributed by atoms with E-state index in [2.05, 4.69) is 5.10 Å². The van der Waals surface area contributed by atoms with E-state index in [1.165, 1.54) is 7.11 Å². The highest BCUT2D eigenvalue weighted by molar-refractivity contribution is 5.92. The first kappa shape index (κ1) is 19.6. The van der Waals surface area contributed by atoms with Crippen LogP contribution in [0.1, 0.15) is 28.9 Å². The van der Waals surface area contributed by atoms with Gasteiger partial charge in [0.2, 0.25) is 5.69 Å². The zero-order valence-corrected chi connectivity index (χ0v) is 16.7. The van der Waals surface area contributed by atoms with Crippen LogP contribution in [0.25, 0.3) is 5.69 Å². The fraction of sp³-hybridized carbons (Fsp3) is 0.273. The second-order valence-corrected chi connectivity index (χ2v) is 7.12. The molecule has 1 aromatic heterocycles. The van der Waals surface area contributed by atoms with E-state index in [0.717, 1.165) is 27.7 Å². The molecular formula is C22H22N4O4. The van der Waals surface area contributed by atoms with Gasteiger partial charge in [-0.1, -0.05) is 36.4 Å². The standard InChI is InChI=1S/C22H22N4O4/c1-30-18-11-7-10-17(14-18)26-22(29)25(15-16-8-3-2-4-9-16)21(28)19(23-26)20(27)24-12-5-6-13-24/h2-4,7-11,14H,5-6,12-13,15H2,1H3. The van der Waals surface area contributed by atoms with E-state index in [0.29, 0.717) is 24.5 Å². The molecule has 0 aliphatic carbocycles. The Morgan fingerprint density at radius 1 is 1.03 bits per heavy atom. The number of aromatic nitrogens is 3. The Labute approximate surface area is 172 Å². The van der Waals surface area contributed by atoms with Crippen molar-refractivity contribution in [3.8, 4) is 11.4 Å². The van der Waals surface area contributed by atoms with Crippen molar-refractivity contribution < 1.29 is 9.53 Å². The van der Waals surface area contributed by atoms with E-state index in [4.69, 9.17) is 4.74 Å². The molecule has 8 heteroatoms. The Morgan fingerprint density at radius 2 is 1.77 bits per heavy atom. The molecule has 2 heterocycles. The molecule has 1 aliphatic rings. The monoisotopic (exact) mass is 406 g/mol. The molecule has 0 radical (unpaired) electrons. The first-order chi connectivity index (χ1) is 14.6. The number of rotatable bonds is 5. The molecule has 30 heavy (non-hydrogen) atoms. The van der Waals surface area contributed by atoms with Crippen LogP contribution < -0.4 is 16.0 Å². The third kappa shape index (κ3) is 3.76. The second kappa shape index (κ2) is 8.36. The Bertz CT molecular complexity index is 1180. The Balaban J connectivity index is 1.89. The van der Waals surface area contributed by atoms with Crippen LogP contribution in [0.4, 0.5) is 0 Å². The predicted octanol–water partition coefficient (Wildman–Crippen LogP) is 1.69. The number of ether oxygens (including phenoxy) is 1. The fourth-order valence-electron chi connectivity index (χ4n) is 3.53. The minimum atomic E-state index is -0.681. The van der Waals surface area contributed by atoms with Gasteiger partial charge in [0.25, 0.3) is 11.5 Å². The minimum absolute atomic E-state index is 0.0469. The quantitative estimate of drug-likeness (QED) is 0.644. The van der Waals surface area contributed by atoms with E-state index in [9.17, 15) is 14.4 Å². The van der Waals surface area contributed by atoms with Crippen molar-refractivity contribution >= 4 is 5.91 Å². The van der Waals surface area contributed by atoms with Crippen molar-refractivity contribution in [2.75, 3.05) is 20.2 Å². The van der Waals surface area contributed by atoms with Gasteiger partial charge >= 0.3 is 5.69 Å². The summed E-state index contributed by atoms with van der Waals surface area (Å²) in [5.74, 6) is 0.0883. The van der Waals surface area contributed by atoms with Gasteiger partial charge in [-0.3, -0.25) is 14.2 Å². The molecule has 154 valence electrons. The minimum Gasteiger partial charge on any atom is -0.497 e. The number of hydrogen-bond acceptors (Lipinski definition) is 5. The lowest BCUT2D eigenvalue weighted by Gasteiger charge is -2.17. The highest BCUT2D eigenvalue weighted by Crippen LogP contribution is 2.15. The van der Waals surface area contributed by atoms with Gasteiger partial charge in [0.1, 0.15) is 5.75 Å². The van der Waals surface area contributed by atoms with E-state index in [-0.39, 0.29) is 12.2 Å². The van der Waals surface area contributed by atoms with Crippen molar-refractivity contribution in [1.82, 2.24) is 19.2 Å². The molecule has 3 aromatic rings. The fourth-order valence-corrected chi connectivity index (χ4v) is 3.53. The molecule has 0 saturated carbocycles. The molecule has 1 aliphatic heterocycles. The zero-order chi connectivity index (χ0) is 21.1. The van der Waals surface area contributed by atoms with Gasteiger partial charge in [0, 0.05) is 19.2 Å². The van der Waals surface area contributed by atoms with Gasteiger partial charge in [0.15, 0.2) is 0 Å². The summed E-state index contributed by atoms with van der Waals surface area (Å²) in [7, 11) is 1.52. The number of methoxy groups -OCH3 is 1. The summed E-state index contributed by atoms with van der Waals surface area (Å²) < 4.78 is 7.39. The van der Waals surface area contributed by atoms with Crippen LogP contribution in [0.5, 0.6) is 5.75 Å². The average molecular weight is 406 g/mol. The lowest BCUT2D eigenvalue weighted by atomic mass is 10.2. The summed E-state index contributed by atoms with van der Waals surface area (Å²) in [6.45, 7) is 1.21. The normalized spacial score (nSPS) is 13.4. The first-order valence-electron chi connectivity index (χ1n) is 9.80. The average Bonchev–Trinajstić information content (AvgIpc) is 3.32. The molecule has 8 nitrogen and oxygen atoms in total. The third-order valence-corrected chi connectivity index (χ3v) is 5.14. The number of carbonyl (C=O) groups excluding carboxylic acids is 1. The molecular weight excluding hydrogens is 384 g/mol. The van der Waals surface area contributed by atoms with Crippen molar-refractivity contribution in [3.05, 3.63) is 86.7 Å². The largest absolute Gasteiger partial charge is 0.497 e. The molecule has 0 unspecified atom stereocenters. The second-order valence-electron chi connectivity index (χ2n) is 7.12. The summed E-state index contributed by atoms with van der Waals surface area (Å²) in [5, 5.41) is 4.19. The zero-order valence-electron chi connectivity index (χ0n) is 16.7. The third-order valence-electron chi connectivity index (χ3n) is 5.14. The van der Waals surface area contributed by atoms with Gasteiger partial charge in [-0.25, -0.2) is 4.79 Å². The topological polar surface area (TPSA) is 86.4 Å². The van der Waals surface area contributed by atoms with E-state index < -0.39 is 17.2 Å². The van der Waals surface area contributed by atoms with Crippen LogP contribution in [0, 0.1) is 0 Å². The Morgan fingerprint density at radius 3 is 2.47 bits per heavy atom. The molecule has 0 bridgehead atoms. The van der Waals surface area contributed by atoms with Gasteiger partial charge in [-0.2, -0.15) is 9.78 Å². The van der Waals surface area contributed by atoms with Crippen LogP contribution in [0.3, 0.4) is 0 Å². The number of hydrogen-bond donors (Lipinski definition) is 0. The van der Waals surface area contributed by atoms with E-state index in [1.54, 1.807) is 29.2 Å². The molecule has 0 spiro atoms. The predicted molar refractivity (Wildman–Crippen MR) is 111 cm³/mol. The summed E-state index contributed by atoms with van der Waals surface area (Å²) in [6, 6.07) is 15.9. The molecule has 1 fully saturated rings. The molecule has 0 atom stereocenters. The number of carbonyl (C=O) groups is 1. The van der Waals surface area contributed by atoms with Crippen LogP contribution >= 0.6 is 0 Å². The van der Waals surface area contributed by atoms with Gasteiger partial charge in [-0.15, -0.1) is 0 Å². The molecule has 2 aromatic carbocycles. The van der Waals surface area contributed by atoms with Crippen molar-refractivity contribution in [3.63, 3.8) is 0 Å². The van der Waals surface area contributed by atoms with Gasteiger partial charge in [0.05, 0.1) is 19.3 Å². The molecule has 0 N–H and O–H groups in total. The van der Waals surface area contributed by atoms with Crippen LogP contribution in [0.2, 0.25) is 0 Å². The smallest absolute Gasteiger partial charge is 0.352 e. The Kier molecular flexibility index (Phi) is 5.47. The number of benzene rings is 2. The lowest BCUT2D eigenvalue weighted by molar-refractivity contribution is 0.0781. The summed E-state index contributed by atoms with van der Waals surface area (Å²) in [4.78, 5) is 40.9. The number of amides is 1. The highest BCUT2D eigenvalue weighted by Gasteiger charge is 2.26. The van der Waals surface area contributed by atoms with Crippen molar-refractivity contribution in [1.29, 1.82) is 0 Å². The van der Waals surface area contributed by atoms with Gasteiger partial charge < -0.3 is 9.64 Å². The summed E-state index contributed by atoms with van der Waals surface area (Å²) in [5.41, 5.74) is -0.360. The molecule has 1 saturated heterocycles. The highest BCUT2D eigenvalue weighted by atomic mass is 16.5. The van der Waals surface area contributed by atoms with Crippen molar-refractivity contribution in [2.45, 2.75) is 19.4 Å². The maximum Gasteiger partial charge on any atom is 0.352 e. The van der Waals surface area contributed by atoms with Crippen LogP contribution in [0.15, 0.2) is 64.2 Å². The lowest BCUT2D eigenvalue weighted by Crippen LogP contribution is -2.46. The summed E-state index contributed by atoms with van der Waals surface area (Å²) in [6.07, 6.45) is 1.78. The van der Waals surface area contributed by atoms with Crippen molar-refractivity contribution in [2.24, 2.45) is 0 Å². The summed E-state index contributed by atoms with van der Waals surface area (Å²) >= 11 is 0. The maximum atomic E-state index is 13.2. The Hall–Kier alpha value is -3.68. The SMILES string of the molecule is COc1cccc(-n2nc(C(=O)N3CCCC3)c(=O)n(Cc3ccccc3)c2=O)c1. The first-order valence-corrected chi connectivity index (χ1v) is 9.80. The number of nitrogens with zero attached hydrogens (tertiary/aromatic N) is 4. The maximum absolute atomic E-state index is 13.2. The van der Waals surface area contributed by atoms with Crippen LogP contribution in [-0.4, -0.2) is 45.4 Å². The molecule has 1 amide bonds. The van der Waals surface area contributed by atoms with E-state index >= 15 is 0 Å². The van der Waals surface area contributed by atoms with Crippen LogP contribution in [-0.2, 0) is 6.54 Å². The number of likely N-dealkylation sites (tertiary alicyclic amines) is 1. The molecule has 4 rings (SSSR count). The van der Waals surface area contributed by atoms with Gasteiger partial charge in [-0.05, 0) is 30.5 Å². The van der Waals surface area contributed by atoms with E-state index in [1.807, 2.05) is 30.3 Å².